The summed E-state index contributed by atoms with van der Waals surface area (Å²) in [5.41, 5.74) is 2.65. The summed E-state index contributed by atoms with van der Waals surface area (Å²) in [7, 11) is 0. The summed E-state index contributed by atoms with van der Waals surface area (Å²) in [6, 6.07) is 16.5. The van der Waals surface area contributed by atoms with E-state index < -0.39 is 11.9 Å². The number of ether oxygens (including phenoxy) is 1. The maximum atomic E-state index is 11.7. The van der Waals surface area contributed by atoms with Crippen LogP contribution in [0.2, 0.25) is 0 Å². The summed E-state index contributed by atoms with van der Waals surface area (Å²) >= 11 is 0. The highest BCUT2D eigenvalue weighted by Crippen LogP contribution is 2.16. The maximum Gasteiger partial charge on any atom is 0.321 e. The number of rotatable bonds is 9. The third kappa shape index (κ3) is 6.44. The van der Waals surface area contributed by atoms with Crippen LogP contribution in [-0.2, 0) is 22.4 Å². The van der Waals surface area contributed by atoms with Crippen molar-refractivity contribution in [2.24, 2.45) is 11.8 Å². The Hall–Kier alpha value is -3.33. The molecule has 0 bridgehead atoms. The predicted octanol–water partition coefficient (Wildman–Crippen LogP) is 3.67. The molecule has 2 N–H and O–H groups in total. The van der Waals surface area contributed by atoms with Crippen molar-refractivity contribution in [3.8, 4) is 11.8 Å². The first-order valence-electron chi connectivity index (χ1n) is 9.13. The van der Waals surface area contributed by atoms with Gasteiger partial charge in [-0.2, -0.15) is 5.26 Å². The average Bonchev–Trinajstić information content (AvgIpc) is 2.68. The molecule has 0 aliphatic rings. The second-order valence-electron chi connectivity index (χ2n) is 6.81. The molecule has 2 aromatic rings. The van der Waals surface area contributed by atoms with Crippen molar-refractivity contribution < 1.29 is 19.4 Å². The molecule has 6 heteroatoms. The van der Waals surface area contributed by atoms with Gasteiger partial charge in [-0.3, -0.25) is 9.59 Å². The molecule has 0 aliphatic heterocycles. The van der Waals surface area contributed by atoms with Gasteiger partial charge in [0.1, 0.15) is 11.7 Å². The Morgan fingerprint density at radius 3 is 2.21 bits per heavy atom. The molecule has 0 radical (unpaired) electrons. The van der Waals surface area contributed by atoms with Gasteiger partial charge in [0.15, 0.2) is 0 Å². The van der Waals surface area contributed by atoms with E-state index in [2.05, 4.69) is 5.32 Å². The molecule has 0 spiro atoms. The molecule has 1 unspecified atom stereocenters. The van der Waals surface area contributed by atoms with Gasteiger partial charge >= 0.3 is 5.97 Å². The first-order chi connectivity index (χ1) is 13.4. The van der Waals surface area contributed by atoms with Crippen LogP contribution < -0.4 is 10.1 Å². The minimum Gasteiger partial charge on any atom is -0.493 e. The summed E-state index contributed by atoms with van der Waals surface area (Å²) in [4.78, 5) is 22.6. The molecule has 1 amide bonds. The zero-order valence-corrected chi connectivity index (χ0v) is 16.0. The second kappa shape index (κ2) is 10.1. The van der Waals surface area contributed by atoms with Crippen LogP contribution >= 0.6 is 0 Å². The van der Waals surface area contributed by atoms with Gasteiger partial charge in [-0.15, -0.1) is 0 Å². The number of nitriles is 1. The topological polar surface area (TPSA) is 99.4 Å². The molecule has 0 aromatic heterocycles. The fourth-order valence-corrected chi connectivity index (χ4v) is 2.47. The number of carboxylic acid groups (broad SMARTS) is 1. The van der Waals surface area contributed by atoms with E-state index in [1.165, 1.54) is 0 Å². The minimum atomic E-state index is -1.11. The van der Waals surface area contributed by atoms with Crippen LogP contribution in [0, 0.1) is 23.2 Å². The van der Waals surface area contributed by atoms with E-state index in [9.17, 15) is 9.59 Å². The lowest BCUT2D eigenvalue weighted by molar-refractivity contribution is -0.139. The van der Waals surface area contributed by atoms with Crippen LogP contribution in [0.4, 0.5) is 5.69 Å². The molecule has 0 saturated heterocycles. The molecular formula is C22H24N2O4. The van der Waals surface area contributed by atoms with E-state index in [-0.39, 0.29) is 18.2 Å². The van der Waals surface area contributed by atoms with Crippen molar-refractivity contribution in [1.29, 1.82) is 5.26 Å². The number of anilines is 1. The van der Waals surface area contributed by atoms with Gasteiger partial charge in [0.2, 0.25) is 5.91 Å². The van der Waals surface area contributed by atoms with E-state index in [1.54, 1.807) is 30.3 Å². The van der Waals surface area contributed by atoms with Gasteiger partial charge < -0.3 is 15.2 Å². The van der Waals surface area contributed by atoms with Crippen LogP contribution in [0.3, 0.4) is 0 Å². The average molecular weight is 380 g/mol. The van der Waals surface area contributed by atoms with Gasteiger partial charge in [0, 0.05) is 18.0 Å². The minimum absolute atomic E-state index is 0.0102. The van der Waals surface area contributed by atoms with E-state index >= 15 is 0 Å². The lowest BCUT2D eigenvalue weighted by Gasteiger charge is -2.10. The molecule has 146 valence electrons. The van der Waals surface area contributed by atoms with E-state index in [0.717, 1.165) is 23.2 Å². The third-order valence-corrected chi connectivity index (χ3v) is 4.22. The SMILES string of the molecule is CC(C)C(=O)Nc1ccc(CCOc2ccc(CC(C#N)C(=O)O)cc2)cc1. The number of amides is 1. The monoisotopic (exact) mass is 380 g/mol. The summed E-state index contributed by atoms with van der Waals surface area (Å²) in [5.74, 6) is -1.54. The van der Waals surface area contributed by atoms with Crippen LogP contribution in [0.5, 0.6) is 5.75 Å². The van der Waals surface area contributed by atoms with Crippen LogP contribution in [0.25, 0.3) is 0 Å². The number of carbonyl (C=O) groups is 2. The smallest absolute Gasteiger partial charge is 0.321 e. The van der Waals surface area contributed by atoms with E-state index in [0.29, 0.717) is 12.4 Å². The van der Waals surface area contributed by atoms with Gasteiger partial charge in [-0.25, -0.2) is 0 Å². The molecule has 6 nitrogen and oxygen atoms in total. The van der Waals surface area contributed by atoms with Crippen molar-refractivity contribution in [1.82, 2.24) is 0 Å². The fourth-order valence-electron chi connectivity index (χ4n) is 2.47. The second-order valence-corrected chi connectivity index (χ2v) is 6.81. The lowest BCUT2D eigenvalue weighted by atomic mass is 10.0. The van der Waals surface area contributed by atoms with Crippen molar-refractivity contribution >= 4 is 17.6 Å². The zero-order chi connectivity index (χ0) is 20.5. The van der Waals surface area contributed by atoms with Crippen molar-refractivity contribution in [3.05, 3.63) is 59.7 Å². The Kier molecular flexibility index (Phi) is 7.58. The third-order valence-electron chi connectivity index (χ3n) is 4.22. The highest BCUT2D eigenvalue weighted by atomic mass is 16.5. The fraction of sp³-hybridized carbons (Fsp3) is 0.318. The number of hydrogen-bond donors (Lipinski definition) is 2. The van der Waals surface area contributed by atoms with Gasteiger partial charge in [-0.05, 0) is 41.8 Å². The normalized spacial score (nSPS) is 11.5. The number of nitrogens with zero attached hydrogens (tertiary/aromatic N) is 1. The maximum absolute atomic E-state index is 11.7. The summed E-state index contributed by atoms with van der Waals surface area (Å²) in [5, 5.41) is 20.6. The molecule has 0 heterocycles. The van der Waals surface area contributed by atoms with E-state index in [4.69, 9.17) is 15.1 Å². The predicted molar refractivity (Wildman–Crippen MR) is 106 cm³/mol. The first kappa shape index (κ1) is 21.0. The van der Waals surface area contributed by atoms with Gasteiger partial charge in [0.05, 0.1) is 12.7 Å². The Bertz CT molecular complexity index is 836. The van der Waals surface area contributed by atoms with Gasteiger partial charge in [-0.1, -0.05) is 38.1 Å². The Morgan fingerprint density at radius 2 is 1.68 bits per heavy atom. The molecular weight excluding hydrogens is 356 g/mol. The molecule has 0 saturated carbocycles. The molecule has 28 heavy (non-hydrogen) atoms. The molecule has 2 aromatic carbocycles. The van der Waals surface area contributed by atoms with Crippen molar-refractivity contribution in [2.75, 3.05) is 11.9 Å². The first-order valence-corrected chi connectivity index (χ1v) is 9.13. The highest BCUT2D eigenvalue weighted by Gasteiger charge is 2.16. The van der Waals surface area contributed by atoms with E-state index in [1.807, 2.05) is 38.1 Å². The largest absolute Gasteiger partial charge is 0.493 e. The number of nitrogens with one attached hydrogen (secondary N) is 1. The Labute approximate surface area is 164 Å². The zero-order valence-electron chi connectivity index (χ0n) is 16.0. The van der Waals surface area contributed by atoms with Crippen LogP contribution in [0.15, 0.2) is 48.5 Å². The quantitative estimate of drug-likeness (QED) is 0.691. The molecule has 0 aliphatic carbocycles. The molecule has 2 rings (SSSR count). The standard InChI is InChI=1S/C22H24N2O4/c1-15(2)21(25)24-19-7-3-16(4-8-19)11-12-28-20-9-5-17(6-10-20)13-18(14-23)22(26)27/h3-10,15,18H,11-13H2,1-2H3,(H,24,25)(H,26,27). The van der Waals surface area contributed by atoms with Gasteiger partial charge in [0.25, 0.3) is 0 Å². The number of benzene rings is 2. The summed E-state index contributed by atoms with van der Waals surface area (Å²) in [6.07, 6.45) is 0.890. The van der Waals surface area contributed by atoms with Crippen molar-refractivity contribution in [2.45, 2.75) is 26.7 Å². The Morgan fingerprint density at radius 1 is 1.07 bits per heavy atom. The Balaban J connectivity index is 1.81. The molecule has 1 atom stereocenters. The summed E-state index contributed by atoms with van der Waals surface area (Å²) in [6.45, 7) is 4.19. The number of hydrogen-bond acceptors (Lipinski definition) is 4. The number of carbonyl (C=O) groups excluding carboxylic acids is 1. The van der Waals surface area contributed by atoms with Crippen LogP contribution in [-0.4, -0.2) is 23.6 Å². The molecule has 0 fully saturated rings. The number of carboxylic acids is 1. The van der Waals surface area contributed by atoms with Crippen molar-refractivity contribution in [3.63, 3.8) is 0 Å². The highest BCUT2D eigenvalue weighted by molar-refractivity contribution is 5.92. The van der Waals surface area contributed by atoms with Crippen LogP contribution in [0.1, 0.15) is 25.0 Å². The lowest BCUT2D eigenvalue weighted by Crippen LogP contribution is -2.17. The number of aliphatic carboxylic acids is 1. The summed E-state index contributed by atoms with van der Waals surface area (Å²) < 4.78 is 5.72.